The smallest absolute Gasteiger partial charge is 0.226 e. The van der Waals surface area contributed by atoms with Crippen molar-refractivity contribution in [2.75, 3.05) is 5.32 Å². The van der Waals surface area contributed by atoms with Gasteiger partial charge < -0.3 is 5.32 Å². The lowest BCUT2D eigenvalue weighted by atomic mass is 9.96. The van der Waals surface area contributed by atoms with Gasteiger partial charge in [0.1, 0.15) is 6.04 Å². The number of aromatic nitrogens is 3. The molecule has 4 rings (SSSR count). The molecule has 1 aromatic carbocycles. The molecule has 3 aromatic rings. The second-order valence-electron chi connectivity index (χ2n) is 5.59. The Bertz CT molecular complexity index is 1040. The molecule has 0 fully saturated rings. The van der Waals surface area contributed by atoms with Gasteiger partial charge in [0.05, 0.1) is 28.2 Å². The van der Waals surface area contributed by atoms with E-state index < -0.39 is 0 Å². The van der Waals surface area contributed by atoms with Crippen LogP contribution in [0.4, 0.5) is 5.95 Å². The van der Waals surface area contributed by atoms with E-state index in [4.69, 9.17) is 5.26 Å². The molecule has 2 aromatic heterocycles. The number of nitrogens with one attached hydrogen (secondary N) is 1. The number of nitriles is 2. The molecule has 25 heavy (non-hydrogen) atoms. The fourth-order valence-corrected chi connectivity index (χ4v) is 3.51. The van der Waals surface area contributed by atoms with Crippen LogP contribution < -0.4 is 5.32 Å². The average molecular weight is 344 g/mol. The standard InChI is InChI=1S/C18H12N6S/c1-11-14(10-20)16(13-6-4-12(9-19)5-7-13)24-18(21-11)22-17(23-24)15-3-2-8-25-15/h2-8,16H,1H3,(H,21,22,23). The minimum absolute atomic E-state index is 0.366. The predicted molar refractivity (Wildman–Crippen MR) is 94.6 cm³/mol. The SMILES string of the molecule is CC1=C(C#N)C(c2ccc(C#N)cc2)n2nc(-c3cccs3)nc2N1. The molecule has 1 aliphatic rings. The Balaban J connectivity index is 1.86. The molecule has 0 radical (unpaired) electrons. The number of thiophene rings is 1. The molecule has 1 N–H and O–H groups in total. The maximum Gasteiger partial charge on any atom is 0.226 e. The molecule has 1 aliphatic heterocycles. The summed E-state index contributed by atoms with van der Waals surface area (Å²) in [5.74, 6) is 1.23. The summed E-state index contributed by atoms with van der Waals surface area (Å²) in [4.78, 5) is 5.55. The molecule has 0 saturated carbocycles. The van der Waals surface area contributed by atoms with Gasteiger partial charge in [-0.25, -0.2) is 4.68 Å². The molecule has 120 valence electrons. The second kappa shape index (κ2) is 5.90. The van der Waals surface area contributed by atoms with Gasteiger partial charge in [0, 0.05) is 5.70 Å². The summed E-state index contributed by atoms with van der Waals surface area (Å²) in [5.41, 5.74) is 2.81. The predicted octanol–water partition coefficient (Wildman–Crippen LogP) is 3.69. The van der Waals surface area contributed by atoms with E-state index in [0.717, 1.165) is 16.1 Å². The number of nitrogens with zero attached hydrogens (tertiary/aromatic N) is 5. The summed E-state index contributed by atoms with van der Waals surface area (Å²) < 4.78 is 1.74. The van der Waals surface area contributed by atoms with E-state index in [-0.39, 0.29) is 6.04 Å². The Kier molecular flexibility index (Phi) is 3.57. The third-order valence-corrected chi connectivity index (χ3v) is 4.94. The molecule has 0 amide bonds. The van der Waals surface area contributed by atoms with Crippen molar-refractivity contribution < 1.29 is 0 Å². The third-order valence-electron chi connectivity index (χ3n) is 4.07. The fraction of sp³-hybridized carbons (Fsp3) is 0.111. The Morgan fingerprint density at radius 1 is 1.16 bits per heavy atom. The van der Waals surface area contributed by atoms with E-state index in [9.17, 15) is 5.26 Å². The van der Waals surface area contributed by atoms with Crippen LogP contribution in [0.5, 0.6) is 0 Å². The van der Waals surface area contributed by atoms with Gasteiger partial charge in [-0.1, -0.05) is 18.2 Å². The lowest BCUT2D eigenvalue weighted by Gasteiger charge is -2.25. The van der Waals surface area contributed by atoms with Crippen LogP contribution in [-0.2, 0) is 0 Å². The van der Waals surface area contributed by atoms with Gasteiger partial charge in [-0.05, 0) is 36.1 Å². The molecule has 7 heteroatoms. The zero-order valence-electron chi connectivity index (χ0n) is 13.3. The summed E-state index contributed by atoms with van der Waals surface area (Å²) in [5, 5.41) is 28.4. The summed E-state index contributed by atoms with van der Waals surface area (Å²) >= 11 is 1.57. The van der Waals surface area contributed by atoms with E-state index in [2.05, 4.69) is 27.5 Å². The van der Waals surface area contributed by atoms with Crippen LogP contribution in [0, 0.1) is 22.7 Å². The van der Waals surface area contributed by atoms with Crippen molar-refractivity contribution in [1.82, 2.24) is 14.8 Å². The second-order valence-corrected chi connectivity index (χ2v) is 6.54. The number of anilines is 1. The third kappa shape index (κ3) is 2.47. The van der Waals surface area contributed by atoms with E-state index in [1.807, 2.05) is 36.6 Å². The zero-order valence-corrected chi connectivity index (χ0v) is 14.1. The van der Waals surface area contributed by atoms with E-state index in [0.29, 0.717) is 22.9 Å². The topological polar surface area (TPSA) is 90.3 Å². The first-order valence-electron chi connectivity index (χ1n) is 7.59. The number of hydrogen-bond acceptors (Lipinski definition) is 6. The molecule has 0 spiro atoms. The molecule has 3 heterocycles. The van der Waals surface area contributed by atoms with E-state index >= 15 is 0 Å². The summed E-state index contributed by atoms with van der Waals surface area (Å²) in [7, 11) is 0. The number of benzene rings is 1. The normalized spacial score (nSPS) is 15.9. The van der Waals surface area contributed by atoms with E-state index in [1.54, 1.807) is 28.2 Å². The molecule has 1 atom stereocenters. The van der Waals surface area contributed by atoms with Crippen molar-refractivity contribution >= 4 is 17.3 Å². The van der Waals surface area contributed by atoms with Gasteiger partial charge in [0.25, 0.3) is 0 Å². The first kappa shape index (κ1) is 15.1. The van der Waals surface area contributed by atoms with Crippen LogP contribution in [0.3, 0.4) is 0 Å². The monoisotopic (exact) mass is 344 g/mol. The maximum atomic E-state index is 9.65. The molecule has 0 aliphatic carbocycles. The Morgan fingerprint density at radius 3 is 2.60 bits per heavy atom. The van der Waals surface area contributed by atoms with Gasteiger partial charge >= 0.3 is 0 Å². The van der Waals surface area contributed by atoms with Crippen LogP contribution in [-0.4, -0.2) is 14.8 Å². The minimum atomic E-state index is -0.366. The molecule has 0 saturated heterocycles. The molecule has 1 unspecified atom stereocenters. The first-order chi connectivity index (χ1) is 12.2. The van der Waals surface area contributed by atoms with Crippen LogP contribution >= 0.6 is 11.3 Å². The highest BCUT2D eigenvalue weighted by Gasteiger charge is 2.30. The number of hydrogen-bond donors (Lipinski definition) is 1. The minimum Gasteiger partial charge on any atom is -0.327 e. The highest BCUT2D eigenvalue weighted by atomic mass is 32.1. The van der Waals surface area contributed by atoms with Crippen molar-refractivity contribution in [3.05, 3.63) is 64.2 Å². The van der Waals surface area contributed by atoms with E-state index in [1.165, 1.54) is 0 Å². The Hall–Kier alpha value is -3.42. The highest BCUT2D eigenvalue weighted by molar-refractivity contribution is 7.13. The largest absolute Gasteiger partial charge is 0.327 e. The highest BCUT2D eigenvalue weighted by Crippen LogP contribution is 2.36. The Labute approximate surface area is 148 Å². The van der Waals surface area contributed by atoms with Crippen molar-refractivity contribution in [1.29, 1.82) is 10.5 Å². The number of rotatable bonds is 2. The van der Waals surface area contributed by atoms with Gasteiger partial charge in [0.2, 0.25) is 5.95 Å². The maximum absolute atomic E-state index is 9.65. The van der Waals surface area contributed by atoms with Gasteiger partial charge in [0.15, 0.2) is 5.82 Å². The lowest BCUT2D eigenvalue weighted by molar-refractivity contribution is 0.588. The fourth-order valence-electron chi connectivity index (χ4n) is 2.85. The molecular formula is C18H12N6S. The van der Waals surface area contributed by atoms with Gasteiger partial charge in [-0.3, -0.25) is 0 Å². The van der Waals surface area contributed by atoms with Crippen LogP contribution in [0.25, 0.3) is 10.7 Å². The Morgan fingerprint density at radius 2 is 1.96 bits per heavy atom. The average Bonchev–Trinajstić information content (AvgIpc) is 3.30. The van der Waals surface area contributed by atoms with Gasteiger partial charge in [-0.2, -0.15) is 15.5 Å². The molecule has 6 nitrogen and oxygen atoms in total. The van der Waals surface area contributed by atoms with Crippen molar-refractivity contribution in [2.45, 2.75) is 13.0 Å². The summed E-state index contributed by atoms with van der Waals surface area (Å²) in [6, 6.07) is 15.2. The van der Waals surface area contributed by atoms with Crippen LogP contribution in [0.15, 0.2) is 53.0 Å². The van der Waals surface area contributed by atoms with Crippen LogP contribution in [0.2, 0.25) is 0 Å². The number of allylic oxidation sites excluding steroid dienone is 2. The number of fused-ring (bicyclic) bond motifs is 1. The molecular weight excluding hydrogens is 332 g/mol. The van der Waals surface area contributed by atoms with Crippen molar-refractivity contribution in [2.24, 2.45) is 0 Å². The van der Waals surface area contributed by atoms with Gasteiger partial charge in [-0.15, -0.1) is 16.4 Å². The zero-order chi connectivity index (χ0) is 17.4. The molecule has 0 bridgehead atoms. The lowest BCUT2D eigenvalue weighted by Crippen LogP contribution is -2.24. The first-order valence-corrected chi connectivity index (χ1v) is 8.47. The van der Waals surface area contributed by atoms with Crippen molar-refractivity contribution in [3.8, 4) is 22.8 Å². The summed E-state index contributed by atoms with van der Waals surface area (Å²) in [6.45, 7) is 1.86. The van der Waals surface area contributed by atoms with Crippen molar-refractivity contribution in [3.63, 3.8) is 0 Å². The quantitative estimate of drug-likeness (QED) is 0.765. The summed E-state index contributed by atoms with van der Waals surface area (Å²) in [6.07, 6.45) is 0. The van der Waals surface area contributed by atoms with Crippen LogP contribution in [0.1, 0.15) is 24.1 Å².